The number of hydrogen-bond donors (Lipinski definition) is 1. The van der Waals surface area contributed by atoms with Crippen LogP contribution in [0.2, 0.25) is 0 Å². The molecule has 4 nitrogen and oxygen atoms in total. The Kier molecular flexibility index (Phi) is 4.47. The number of carbonyl (C=O) groups excluding carboxylic acids is 2. The first-order chi connectivity index (χ1) is 11.7. The molecule has 0 heterocycles. The predicted octanol–water partition coefficient (Wildman–Crippen LogP) is 3.07. The number of amides is 1. The third-order valence-electron chi connectivity index (χ3n) is 4.38. The highest BCUT2D eigenvalue weighted by Gasteiger charge is 2.49. The number of benzene rings is 2. The van der Waals surface area contributed by atoms with Gasteiger partial charge in [-0.05, 0) is 17.7 Å². The van der Waals surface area contributed by atoms with E-state index < -0.39 is 11.5 Å². The second-order valence-electron chi connectivity index (χ2n) is 5.80. The fourth-order valence-electron chi connectivity index (χ4n) is 3.17. The Balaban J connectivity index is 1.96. The molecule has 1 amide bonds. The minimum Gasteiger partial charge on any atom is -0.467 e. The predicted molar refractivity (Wildman–Crippen MR) is 91.6 cm³/mol. The van der Waals surface area contributed by atoms with Crippen LogP contribution in [0.15, 0.2) is 72.8 Å². The molecule has 122 valence electrons. The van der Waals surface area contributed by atoms with Gasteiger partial charge < -0.3 is 10.1 Å². The minimum absolute atomic E-state index is 0.265. The lowest BCUT2D eigenvalue weighted by atomic mass is 9.81. The third kappa shape index (κ3) is 2.83. The zero-order chi connectivity index (χ0) is 17.0. The molecular weight excluding hydrogens is 302 g/mol. The molecule has 0 unspecified atom stereocenters. The van der Waals surface area contributed by atoms with E-state index in [9.17, 15) is 9.59 Å². The molecule has 0 radical (unpaired) electrons. The Morgan fingerprint density at radius 2 is 1.67 bits per heavy atom. The number of methoxy groups -OCH3 is 1. The van der Waals surface area contributed by atoms with E-state index in [1.54, 1.807) is 24.3 Å². The topological polar surface area (TPSA) is 55.4 Å². The molecule has 0 saturated heterocycles. The van der Waals surface area contributed by atoms with Crippen LogP contribution in [0.1, 0.15) is 28.3 Å². The normalized spacial score (nSPS) is 22.1. The van der Waals surface area contributed by atoms with Crippen molar-refractivity contribution in [1.82, 2.24) is 5.32 Å². The summed E-state index contributed by atoms with van der Waals surface area (Å²) >= 11 is 0. The molecule has 1 aliphatic carbocycles. The van der Waals surface area contributed by atoms with Gasteiger partial charge in [-0.15, -0.1) is 0 Å². The molecule has 2 atom stereocenters. The number of rotatable bonds is 4. The molecule has 0 aliphatic heterocycles. The number of ether oxygens (including phenoxy) is 1. The van der Waals surface area contributed by atoms with Crippen LogP contribution in [-0.2, 0) is 9.53 Å². The van der Waals surface area contributed by atoms with Crippen LogP contribution >= 0.6 is 0 Å². The second-order valence-corrected chi connectivity index (χ2v) is 5.80. The highest BCUT2D eigenvalue weighted by atomic mass is 16.5. The fraction of sp³-hybridized carbons (Fsp3) is 0.200. The van der Waals surface area contributed by atoms with Crippen molar-refractivity contribution in [2.75, 3.05) is 7.11 Å². The van der Waals surface area contributed by atoms with Gasteiger partial charge in [-0.1, -0.05) is 60.7 Å². The number of carbonyl (C=O) groups is 2. The molecule has 0 fully saturated rings. The Morgan fingerprint density at radius 3 is 2.29 bits per heavy atom. The zero-order valence-electron chi connectivity index (χ0n) is 13.4. The molecule has 2 aromatic carbocycles. The Labute approximate surface area is 141 Å². The van der Waals surface area contributed by atoms with E-state index in [0.29, 0.717) is 12.0 Å². The summed E-state index contributed by atoms with van der Waals surface area (Å²) in [5.74, 6) is -0.991. The smallest absolute Gasteiger partial charge is 0.332 e. The van der Waals surface area contributed by atoms with Gasteiger partial charge in [0.05, 0.1) is 7.11 Å². The summed E-state index contributed by atoms with van der Waals surface area (Å²) in [6.07, 6.45) is 4.27. The van der Waals surface area contributed by atoms with Crippen molar-refractivity contribution < 1.29 is 14.3 Å². The van der Waals surface area contributed by atoms with Gasteiger partial charge in [0.1, 0.15) is 0 Å². The van der Waals surface area contributed by atoms with Crippen LogP contribution in [0.4, 0.5) is 0 Å². The van der Waals surface area contributed by atoms with Crippen molar-refractivity contribution in [2.45, 2.75) is 17.9 Å². The minimum atomic E-state index is -1.12. The SMILES string of the molecule is COC(=O)[C@@]1(NC(=O)c2ccccc2)CC=C[C@H]1c1ccccc1. The molecule has 1 N–H and O–H groups in total. The molecule has 3 rings (SSSR count). The van der Waals surface area contributed by atoms with E-state index in [4.69, 9.17) is 4.74 Å². The number of esters is 1. The van der Waals surface area contributed by atoms with Gasteiger partial charge in [0.2, 0.25) is 0 Å². The molecule has 2 aromatic rings. The van der Waals surface area contributed by atoms with Gasteiger partial charge in [-0.3, -0.25) is 4.79 Å². The highest BCUT2D eigenvalue weighted by Crippen LogP contribution is 2.39. The largest absolute Gasteiger partial charge is 0.467 e. The lowest BCUT2D eigenvalue weighted by molar-refractivity contribution is -0.148. The van der Waals surface area contributed by atoms with Crippen LogP contribution in [-0.4, -0.2) is 24.5 Å². The van der Waals surface area contributed by atoms with E-state index >= 15 is 0 Å². The van der Waals surface area contributed by atoms with Crippen LogP contribution in [0.5, 0.6) is 0 Å². The van der Waals surface area contributed by atoms with Crippen molar-refractivity contribution in [3.8, 4) is 0 Å². The summed E-state index contributed by atoms with van der Waals surface area (Å²) in [6.45, 7) is 0. The van der Waals surface area contributed by atoms with E-state index in [2.05, 4.69) is 5.32 Å². The lowest BCUT2D eigenvalue weighted by Gasteiger charge is -2.34. The average molecular weight is 321 g/mol. The molecular formula is C20H19NO3. The summed E-state index contributed by atoms with van der Waals surface area (Å²) in [5, 5.41) is 2.93. The standard InChI is InChI=1S/C20H19NO3/c1-24-19(23)20(21-18(22)16-11-6-3-7-12-16)14-8-13-17(20)15-9-4-2-5-10-15/h2-13,17H,14H2,1H3,(H,21,22)/t17-,20+/m0/s1. The summed E-state index contributed by atoms with van der Waals surface area (Å²) in [4.78, 5) is 25.3. The average Bonchev–Trinajstić information content (AvgIpc) is 3.07. The van der Waals surface area contributed by atoms with Crippen molar-refractivity contribution in [3.63, 3.8) is 0 Å². The van der Waals surface area contributed by atoms with E-state index in [1.807, 2.05) is 48.6 Å². The first-order valence-electron chi connectivity index (χ1n) is 7.85. The molecule has 0 spiro atoms. The molecule has 0 saturated carbocycles. The molecule has 0 bridgehead atoms. The van der Waals surface area contributed by atoms with Crippen molar-refractivity contribution in [3.05, 3.63) is 83.9 Å². The van der Waals surface area contributed by atoms with Crippen molar-refractivity contribution in [1.29, 1.82) is 0 Å². The maximum Gasteiger partial charge on any atom is 0.332 e. The maximum atomic E-state index is 12.7. The van der Waals surface area contributed by atoms with Gasteiger partial charge in [0, 0.05) is 17.9 Å². The van der Waals surface area contributed by atoms with Crippen LogP contribution in [0, 0.1) is 0 Å². The van der Waals surface area contributed by atoms with Gasteiger partial charge in [-0.2, -0.15) is 0 Å². The van der Waals surface area contributed by atoms with Crippen molar-refractivity contribution >= 4 is 11.9 Å². The Bertz CT molecular complexity index is 755. The summed E-state index contributed by atoms with van der Waals surface area (Å²) in [6, 6.07) is 18.5. The summed E-state index contributed by atoms with van der Waals surface area (Å²) < 4.78 is 5.03. The molecule has 1 aliphatic rings. The van der Waals surface area contributed by atoms with Crippen LogP contribution < -0.4 is 5.32 Å². The van der Waals surface area contributed by atoms with Gasteiger partial charge in [0.25, 0.3) is 5.91 Å². The monoisotopic (exact) mass is 321 g/mol. The molecule has 24 heavy (non-hydrogen) atoms. The van der Waals surface area contributed by atoms with Crippen LogP contribution in [0.3, 0.4) is 0 Å². The highest BCUT2D eigenvalue weighted by molar-refractivity contribution is 5.99. The maximum absolute atomic E-state index is 12.7. The fourth-order valence-corrected chi connectivity index (χ4v) is 3.17. The lowest BCUT2D eigenvalue weighted by Crippen LogP contribution is -2.56. The summed E-state index contributed by atoms with van der Waals surface area (Å²) in [5.41, 5.74) is 0.354. The van der Waals surface area contributed by atoms with Gasteiger partial charge >= 0.3 is 5.97 Å². The molecule has 4 heteroatoms. The van der Waals surface area contributed by atoms with Crippen molar-refractivity contribution in [2.24, 2.45) is 0 Å². The first-order valence-corrected chi connectivity index (χ1v) is 7.85. The zero-order valence-corrected chi connectivity index (χ0v) is 13.4. The number of hydrogen-bond acceptors (Lipinski definition) is 3. The first kappa shape index (κ1) is 16.0. The van der Waals surface area contributed by atoms with Gasteiger partial charge in [-0.25, -0.2) is 4.79 Å². The Morgan fingerprint density at radius 1 is 1.04 bits per heavy atom. The molecule has 0 aromatic heterocycles. The van der Waals surface area contributed by atoms with E-state index in [0.717, 1.165) is 5.56 Å². The van der Waals surface area contributed by atoms with Crippen LogP contribution in [0.25, 0.3) is 0 Å². The quantitative estimate of drug-likeness (QED) is 0.695. The summed E-state index contributed by atoms with van der Waals surface area (Å²) in [7, 11) is 1.35. The van der Waals surface area contributed by atoms with Gasteiger partial charge in [0.15, 0.2) is 5.54 Å². The Hall–Kier alpha value is -2.88. The number of nitrogens with one attached hydrogen (secondary N) is 1. The third-order valence-corrected chi connectivity index (χ3v) is 4.38. The van der Waals surface area contributed by atoms with E-state index in [1.165, 1.54) is 7.11 Å². The van der Waals surface area contributed by atoms with E-state index in [-0.39, 0.29) is 11.8 Å². The second kappa shape index (κ2) is 6.71.